The van der Waals surface area contributed by atoms with E-state index in [2.05, 4.69) is 32.9 Å². The average Bonchev–Trinajstić information content (AvgIpc) is 3.30. The lowest BCUT2D eigenvalue weighted by molar-refractivity contribution is -0.167. The molecule has 0 heterocycles. The molecule has 0 aliphatic heterocycles. The van der Waals surface area contributed by atoms with E-state index in [1.807, 2.05) is 0 Å². The van der Waals surface area contributed by atoms with Gasteiger partial charge in [-0.05, 0) is 44.9 Å². The fourth-order valence-corrected chi connectivity index (χ4v) is 8.85. The molecule has 0 spiro atoms. The summed E-state index contributed by atoms with van der Waals surface area (Å²) in [7, 11) is 0. The second kappa shape index (κ2) is 54.8. The minimum absolute atomic E-state index is 0.0659. The summed E-state index contributed by atoms with van der Waals surface area (Å²) in [6, 6.07) is 0. The van der Waals surface area contributed by atoms with Gasteiger partial charge in [0.2, 0.25) is 0 Å². The van der Waals surface area contributed by atoms with Crippen molar-refractivity contribution < 1.29 is 28.6 Å². The highest BCUT2D eigenvalue weighted by Crippen LogP contribution is 2.17. The van der Waals surface area contributed by atoms with Crippen LogP contribution in [0.5, 0.6) is 0 Å². The topological polar surface area (TPSA) is 78.9 Å². The first-order valence-electron chi connectivity index (χ1n) is 29.2. The van der Waals surface area contributed by atoms with Crippen molar-refractivity contribution in [3.05, 3.63) is 12.2 Å². The van der Waals surface area contributed by atoms with Gasteiger partial charge in [0.15, 0.2) is 6.10 Å². The first kappa shape index (κ1) is 63.1. The van der Waals surface area contributed by atoms with Gasteiger partial charge in [0, 0.05) is 19.3 Å². The number of carbonyl (C=O) groups excluding carboxylic acids is 3. The molecule has 0 fully saturated rings. The predicted octanol–water partition coefficient (Wildman–Crippen LogP) is 19.3. The van der Waals surface area contributed by atoms with Crippen molar-refractivity contribution in [3.8, 4) is 0 Å². The fourth-order valence-electron chi connectivity index (χ4n) is 8.85. The SMILES string of the molecule is CCCCCC/C=C\CCCCCCCCCC(=O)O[C@@H](COC(=O)CCCCCCCCCCCCC)COC(=O)CCCCCCCCCCCCCCCCCCCCCCC. The van der Waals surface area contributed by atoms with E-state index in [0.717, 1.165) is 57.8 Å². The smallest absolute Gasteiger partial charge is 0.306 e. The summed E-state index contributed by atoms with van der Waals surface area (Å²) in [6.07, 6.45) is 62.1. The summed E-state index contributed by atoms with van der Waals surface area (Å²) < 4.78 is 16.9. The molecule has 0 aromatic carbocycles. The molecule has 0 aromatic rings. The zero-order chi connectivity index (χ0) is 47.2. The van der Waals surface area contributed by atoms with Gasteiger partial charge >= 0.3 is 17.9 Å². The number of rotatable bonds is 54. The third kappa shape index (κ3) is 53.0. The summed E-state index contributed by atoms with van der Waals surface area (Å²) in [6.45, 7) is 6.67. The van der Waals surface area contributed by atoms with Gasteiger partial charge in [-0.25, -0.2) is 0 Å². The molecule has 0 rings (SSSR count). The molecular weight excluding hydrogens is 805 g/mol. The van der Waals surface area contributed by atoms with Crippen LogP contribution in [0.4, 0.5) is 0 Å². The minimum Gasteiger partial charge on any atom is -0.462 e. The molecule has 0 amide bonds. The number of ether oxygens (including phenoxy) is 3. The number of unbranched alkanes of at least 4 members (excludes halogenated alkanes) is 41. The largest absolute Gasteiger partial charge is 0.462 e. The van der Waals surface area contributed by atoms with E-state index in [1.165, 1.54) is 231 Å². The quantitative estimate of drug-likeness (QED) is 0.0262. The maximum absolute atomic E-state index is 12.8. The standard InChI is InChI=1S/C59H112O6/c1-4-7-10-13-16-19-22-24-26-27-28-29-30-31-33-34-37-40-43-46-49-52-58(61)64-55-56(54-63-57(60)51-48-45-42-39-36-21-18-15-12-9-6-3)65-59(62)53-50-47-44-41-38-35-32-25-23-20-17-14-11-8-5-2/h20,23,56H,4-19,21-22,24-55H2,1-3H3/b23-20-/t56-/m0/s1. The van der Waals surface area contributed by atoms with Gasteiger partial charge in [-0.15, -0.1) is 0 Å². The van der Waals surface area contributed by atoms with Gasteiger partial charge in [0.25, 0.3) is 0 Å². The molecule has 384 valence electrons. The molecule has 0 saturated heterocycles. The van der Waals surface area contributed by atoms with E-state index in [-0.39, 0.29) is 31.1 Å². The van der Waals surface area contributed by atoms with Crippen LogP contribution in [0, 0.1) is 0 Å². The van der Waals surface area contributed by atoms with Crippen molar-refractivity contribution in [1.29, 1.82) is 0 Å². The fraction of sp³-hybridized carbons (Fsp3) is 0.915. The molecular formula is C59H112O6. The summed E-state index contributed by atoms with van der Waals surface area (Å²) in [4.78, 5) is 38.1. The van der Waals surface area contributed by atoms with Crippen LogP contribution in [0.25, 0.3) is 0 Å². The number of hydrogen-bond donors (Lipinski definition) is 0. The maximum Gasteiger partial charge on any atom is 0.306 e. The lowest BCUT2D eigenvalue weighted by atomic mass is 10.0. The van der Waals surface area contributed by atoms with E-state index in [4.69, 9.17) is 14.2 Å². The van der Waals surface area contributed by atoms with Crippen LogP contribution >= 0.6 is 0 Å². The van der Waals surface area contributed by atoms with Gasteiger partial charge in [-0.3, -0.25) is 14.4 Å². The molecule has 0 aromatic heterocycles. The van der Waals surface area contributed by atoms with E-state index in [0.29, 0.717) is 19.3 Å². The predicted molar refractivity (Wildman–Crippen MR) is 280 cm³/mol. The van der Waals surface area contributed by atoms with Crippen LogP contribution in [-0.4, -0.2) is 37.2 Å². The van der Waals surface area contributed by atoms with Crippen molar-refractivity contribution in [2.24, 2.45) is 0 Å². The average molecular weight is 918 g/mol. The third-order valence-corrected chi connectivity index (χ3v) is 13.3. The van der Waals surface area contributed by atoms with Crippen LogP contribution in [0.15, 0.2) is 12.2 Å². The molecule has 65 heavy (non-hydrogen) atoms. The van der Waals surface area contributed by atoms with Gasteiger partial charge < -0.3 is 14.2 Å². The van der Waals surface area contributed by atoms with E-state index in [1.54, 1.807) is 0 Å². The second-order valence-corrected chi connectivity index (χ2v) is 19.9. The number of allylic oxidation sites excluding steroid dienone is 2. The Kier molecular flexibility index (Phi) is 53.2. The van der Waals surface area contributed by atoms with E-state index >= 15 is 0 Å². The number of carbonyl (C=O) groups is 3. The summed E-state index contributed by atoms with van der Waals surface area (Å²) in [5.41, 5.74) is 0. The minimum atomic E-state index is -0.766. The molecule has 6 heteroatoms. The van der Waals surface area contributed by atoms with Gasteiger partial charge in [-0.2, -0.15) is 0 Å². The maximum atomic E-state index is 12.8. The zero-order valence-electron chi connectivity index (χ0n) is 44.0. The lowest BCUT2D eigenvalue weighted by Gasteiger charge is -2.18. The van der Waals surface area contributed by atoms with Crippen LogP contribution < -0.4 is 0 Å². The Balaban J connectivity index is 4.23. The van der Waals surface area contributed by atoms with Crippen molar-refractivity contribution in [2.45, 2.75) is 335 Å². The van der Waals surface area contributed by atoms with E-state index in [9.17, 15) is 14.4 Å². The molecule has 0 aliphatic carbocycles. The van der Waals surface area contributed by atoms with Crippen LogP contribution in [-0.2, 0) is 28.6 Å². The van der Waals surface area contributed by atoms with Crippen LogP contribution in [0.2, 0.25) is 0 Å². The number of hydrogen-bond acceptors (Lipinski definition) is 6. The van der Waals surface area contributed by atoms with Crippen molar-refractivity contribution in [3.63, 3.8) is 0 Å². The highest BCUT2D eigenvalue weighted by molar-refractivity contribution is 5.71. The Morgan fingerprint density at radius 1 is 0.292 bits per heavy atom. The molecule has 0 N–H and O–H groups in total. The molecule has 0 saturated carbocycles. The highest BCUT2D eigenvalue weighted by Gasteiger charge is 2.19. The second-order valence-electron chi connectivity index (χ2n) is 19.9. The van der Waals surface area contributed by atoms with Gasteiger partial charge in [0.05, 0.1) is 0 Å². The Labute approximate surface area is 405 Å². The molecule has 1 atom stereocenters. The molecule has 0 bridgehead atoms. The van der Waals surface area contributed by atoms with Gasteiger partial charge in [0.1, 0.15) is 13.2 Å². The molecule has 0 aliphatic rings. The monoisotopic (exact) mass is 917 g/mol. The Bertz CT molecular complexity index is 1010. The van der Waals surface area contributed by atoms with Crippen molar-refractivity contribution >= 4 is 17.9 Å². The van der Waals surface area contributed by atoms with Gasteiger partial charge in [-0.1, -0.05) is 277 Å². The molecule has 0 radical (unpaired) electrons. The van der Waals surface area contributed by atoms with Crippen molar-refractivity contribution in [2.75, 3.05) is 13.2 Å². The first-order valence-corrected chi connectivity index (χ1v) is 29.2. The summed E-state index contributed by atoms with van der Waals surface area (Å²) in [5.74, 6) is -0.848. The molecule has 6 nitrogen and oxygen atoms in total. The third-order valence-electron chi connectivity index (χ3n) is 13.3. The van der Waals surface area contributed by atoms with Crippen LogP contribution in [0.3, 0.4) is 0 Å². The Morgan fingerprint density at radius 3 is 0.785 bits per heavy atom. The zero-order valence-corrected chi connectivity index (χ0v) is 44.0. The Morgan fingerprint density at radius 2 is 0.508 bits per heavy atom. The van der Waals surface area contributed by atoms with Crippen LogP contribution in [0.1, 0.15) is 329 Å². The highest BCUT2D eigenvalue weighted by atomic mass is 16.6. The lowest BCUT2D eigenvalue weighted by Crippen LogP contribution is -2.30. The normalized spacial score (nSPS) is 12.0. The van der Waals surface area contributed by atoms with Crippen molar-refractivity contribution in [1.82, 2.24) is 0 Å². The summed E-state index contributed by atoms with van der Waals surface area (Å²) >= 11 is 0. The number of esters is 3. The molecule has 0 unspecified atom stereocenters. The Hall–Kier alpha value is -1.85. The first-order chi connectivity index (χ1) is 32.0. The summed E-state index contributed by atoms with van der Waals surface area (Å²) in [5, 5.41) is 0. The van der Waals surface area contributed by atoms with E-state index < -0.39 is 6.10 Å².